The summed E-state index contributed by atoms with van der Waals surface area (Å²) in [6, 6.07) is 6.15. The molecule has 1 aliphatic rings. The molecular weight excluding hydrogens is 236 g/mol. The Hall–Kier alpha value is -1.13. The summed E-state index contributed by atoms with van der Waals surface area (Å²) in [4.78, 5) is 9.39. The Morgan fingerprint density at radius 1 is 1.11 bits per heavy atom. The van der Waals surface area contributed by atoms with E-state index in [1.54, 1.807) is 0 Å². The zero-order valence-electron chi connectivity index (χ0n) is 12.0. The highest BCUT2D eigenvalue weighted by molar-refractivity contribution is 5.38. The van der Waals surface area contributed by atoms with Crippen LogP contribution in [0.2, 0.25) is 0 Å². The van der Waals surface area contributed by atoms with E-state index in [0.717, 1.165) is 25.5 Å². The molecule has 1 N–H and O–H groups in total. The van der Waals surface area contributed by atoms with Gasteiger partial charge in [-0.2, -0.15) is 0 Å². The normalized spacial score (nSPS) is 16.8. The molecule has 0 saturated carbocycles. The molecule has 0 atom stereocenters. The van der Waals surface area contributed by atoms with E-state index in [1.165, 1.54) is 38.9 Å². The maximum absolute atomic E-state index is 4.42. The summed E-state index contributed by atoms with van der Waals surface area (Å²) in [6.45, 7) is 6.94. The number of piperazine rings is 1. The molecule has 4 heteroatoms. The molecule has 1 aliphatic heterocycles. The average Bonchev–Trinajstić information content (AvgIpc) is 2.49. The Morgan fingerprint density at radius 2 is 1.95 bits per heavy atom. The first-order valence-electron chi connectivity index (χ1n) is 7.43. The summed E-state index contributed by atoms with van der Waals surface area (Å²) in [5.41, 5.74) is 0. The quantitative estimate of drug-likeness (QED) is 0.756. The second-order valence-corrected chi connectivity index (χ2v) is 5.18. The standard InChI is InChI=1S/C15H26N4/c1-16-8-4-2-6-10-18-11-13-19(14-12-18)15-7-3-5-9-17-15/h3,5,7,9,16H,2,4,6,8,10-14H2,1H3. The predicted molar refractivity (Wildman–Crippen MR) is 80.7 cm³/mol. The van der Waals surface area contributed by atoms with E-state index in [0.29, 0.717) is 0 Å². The van der Waals surface area contributed by atoms with Crippen LogP contribution in [0.15, 0.2) is 24.4 Å². The number of unbranched alkanes of at least 4 members (excludes halogenated alkanes) is 2. The number of nitrogens with one attached hydrogen (secondary N) is 1. The smallest absolute Gasteiger partial charge is 0.128 e. The van der Waals surface area contributed by atoms with Crippen molar-refractivity contribution in [3.05, 3.63) is 24.4 Å². The summed E-state index contributed by atoms with van der Waals surface area (Å²) in [5.74, 6) is 1.12. The Morgan fingerprint density at radius 3 is 2.63 bits per heavy atom. The summed E-state index contributed by atoms with van der Waals surface area (Å²) in [5, 5.41) is 3.20. The minimum Gasteiger partial charge on any atom is -0.354 e. The van der Waals surface area contributed by atoms with Crippen LogP contribution in [-0.2, 0) is 0 Å². The van der Waals surface area contributed by atoms with Crippen LogP contribution in [0.5, 0.6) is 0 Å². The van der Waals surface area contributed by atoms with Crippen LogP contribution in [0.25, 0.3) is 0 Å². The van der Waals surface area contributed by atoms with Crippen molar-refractivity contribution in [1.29, 1.82) is 0 Å². The molecule has 0 radical (unpaired) electrons. The second-order valence-electron chi connectivity index (χ2n) is 5.18. The third-order valence-electron chi connectivity index (χ3n) is 3.75. The molecule has 1 saturated heterocycles. The highest BCUT2D eigenvalue weighted by atomic mass is 15.3. The lowest BCUT2D eigenvalue weighted by molar-refractivity contribution is 0.251. The minimum atomic E-state index is 1.10. The van der Waals surface area contributed by atoms with Crippen molar-refractivity contribution in [2.45, 2.75) is 19.3 Å². The maximum Gasteiger partial charge on any atom is 0.128 e. The third kappa shape index (κ3) is 4.80. The SMILES string of the molecule is CNCCCCCN1CCN(c2ccccn2)CC1. The molecule has 1 fully saturated rings. The molecule has 0 amide bonds. The number of rotatable bonds is 7. The summed E-state index contributed by atoms with van der Waals surface area (Å²) < 4.78 is 0. The van der Waals surface area contributed by atoms with Crippen molar-refractivity contribution in [1.82, 2.24) is 15.2 Å². The van der Waals surface area contributed by atoms with E-state index in [-0.39, 0.29) is 0 Å². The van der Waals surface area contributed by atoms with Crippen LogP contribution in [-0.4, -0.2) is 56.2 Å². The molecule has 1 aromatic rings. The molecule has 0 spiro atoms. The van der Waals surface area contributed by atoms with Gasteiger partial charge in [0, 0.05) is 32.4 Å². The van der Waals surface area contributed by atoms with Gasteiger partial charge in [-0.3, -0.25) is 4.90 Å². The van der Waals surface area contributed by atoms with Gasteiger partial charge in [0.05, 0.1) is 0 Å². The highest BCUT2D eigenvalue weighted by Gasteiger charge is 2.16. The fourth-order valence-electron chi connectivity index (χ4n) is 2.56. The van der Waals surface area contributed by atoms with Gasteiger partial charge in [0.2, 0.25) is 0 Å². The van der Waals surface area contributed by atoms with Gasteiger partial charge in [-0.1, -0.05) is 12.5 Å². The highest BCUT2D eigenvalue weighted by Crippen LogP contribution is 2.12. The number of hydrogen-bond donors (Lipinski definition) is 1. The van der Waals surface area contributed by atoms with Crippen molar-refractivity contribution in [2.75, 3.05) is 51.2 Å². The lowest BCUT2D eigenvalue weighted by Gasteiger charge is -2.35. The molecule has 19 heavy (non-hydrogen) atoms. The number of hydrogen-bond acceptors (Lipinski definition) is 4. The van der Waals surface area contributed by atoms with Gasteiger partial charge >= 0.3 is 0 Å². The second kappa shape index (κ2) is 8.12. The van der Waals surface area contributed by atoms with E-state index >= 15 is 0 Å². The number of pyridine rings is 1. The molecule has 2 heterocycles. The fraction of sp³-hybridized carbons (Fsp3) is 0.667. The summed E-state index contributed by atoms with van der Waals surface area (Å²) in [6.07, 6.45) is 5.83. The minimum absolute atomic E-state index is 1.10. The van der Waals surface area contributed by atoms with Gasteiger partial charge in [0.1, 0.15) is 5.82 Å². The molecule has 0 aromatic carbocycles. The van der Waals surface area contributed by atoms with Crippen LogP contribution < -0.4 is 10.2 Å². The monoisotopic (exact) mass is 262 g/mol. The largest absolute Gasteiger partial charge is 0.354 e. The van der Waals surface area contributed by atoms with Gasteiger partial charge in [-0.25, -0.2) is 4.98 Å². The molecule has 0 aliphatic carbocycles. The Labute approximate surface area is 116 Å². The number of aromatic nitrogens is 1. The first kappa shape index (κ1) is 14.3. The van der Waals surface area contributed by atoms with Crippen molar-refractivity contribution in [2.24, 2.45) is 0 Å². The van der Waals surface area contributed by atoms with Crippen molar-refractivity contribution in [3.8, 4) is 0 Å². The first-order chi connectivity index (χ1) is 9.40. The van der Waals surface area contributed by atoms with Gasteiger partial charge in [0.25, 0.3) is 0 Å². The van der Waals surface area contributed by atoms with E-state index in [4.69, 9.17) is 0 Å². The van der Waals surface area contributed by atoms with Gasteiger partial charge in [0.15, 0.2) is 0 Å². The molecule has 0 bridgehead atoms. The Kier molecular flexibility index (Phi) is 6.11. The van der Waals surface area contributed by atoms with Gasteiger partial charge < -0.3 is 10.2 Å². The van der Waals surface area contributed by atoms with E-state index in [9.17, 15) is 0 Å². The molecular formula is C15H26N4. The fourth-order valence-corrected chi connectivity index (χ4v) is 2.56. The lowest BCUT2D eigenvalue weighted by atomic mass is 10.2. The zero-order valence-corrected chi connectivity index (χ0v) is 12.0. The van der Waals surface area contributed by atoms with Gasteiger partial charge in [-0.15, -0.1) is 0 Å². The van der Waals surface area contributed by atoms with E-state index in [2.05, 4.69) is 32.2 Å². The van der Waals surface area contributed by atoms with Crippen LogP contribution >= 0.6 is 0 Å². The van der Waals surface area contributed by atoms with E-state index in [1.807, 2.05) is 19.3 Å². The zero-order chi connectivity index (χ0) is 13.3. The van der Waals surface area contributed by atoms with Gasteiger partial charge in [-0.05, 0) is 45.1 Å². The molecule has 2 rings (SSSR count). The molecule has 0 unspecified atom stereocenters. The maximum atomic E-state index is 4.42. The van der Waals surface area contributed by atoms with Crippen LogP contribution in [0.4, 0.5) is 5.82 Å². The van der Waals surface area contributed by atoms with Crippen molar-refractivity contribution < 1.29 is 0 Å². The van der Waals surface area contributed by atoms with E-state index < -0.39 is 0 Å². The summed E-state index contributed by atoms with van der Waals surface area (Å²) >= 11 is 0. The van der Waals surface area contributed by atoms with Crippen LogP contribution in [0.3, 0.4) is 0 Å². The Bertz CT molecular complexity index is 333. The third-order valence-corrected chi connectivity index (χ3v) is 3.75. The van der Waals surface area contributed by atoms with Crippen LogP contribution in [0, 0.1) is 0 Å². The average molecular weight is 262 g/mol. The topological polar surface area (TPSA) is 31.4 Å². The predicted octanol–water partition coefficient (Wildman–Crippen LogP) is 1.59. The van der Waals surface area contributed by atoms with Crippen molar-refractivity contribution in [3.63, 3.8) is 0 Å². The molecule has 4 nitrogen and oxygen atoms in total. The first-order valence-corrected chi connectivity index (χ1v) is 7.43. The van der Waals surface area contributed by atoms with Crippen LogP contribution in [0.1, 0.15) is 19.3 Å². The molecule has 1 aromatic heterocycles. The van der Waals surface area contributed by atoms with Crippen molar-refractivity contribution >= 4 is 5.82 Å². The molecule has 106 valence electrons. The number of anilines is 1. The Balaban J connectivity index is 1.63. The summed E-state index contributed by atoms with van der Waals surface area (Å²) in [7, 11) is 2.02. The number of nitrogens with zero attached hydrogens (tertiary/aromatic N) is 3. The lowest BCUT2D eigenvalue weighted by Crippen LogP contribution is -2.46.